The summed E-state index contributed by atoms with van der Waals surface area (Å²) in [6.45, 7) is 9.11. The lowest BCUT2D eigenvalue weighted by molar-refractivity contribution is -0.137. The molecule has 0 saturated carbocycles. The van der Waals surface area contributed by atoms with Crippen molar-refractivity contribution in [3.63, 3.8) is 0 Å². The summed E-state index contributed by atoms with van der Waals surface area (Å²) in [4.78, 5) is 39.3. The van der Waals surface area contributed by atoms with E-state index in [1.54, 1.807) is 11.8 Å². The van der Waals surface area contributed by atoms with Crippen LogP contribution in [0, 0.1) is 23.7 Å². The number of rotatable bonds is 6. The van der Waals surface area contributed by atoms with Gasteiger partial charge in [-0.1, -0.05) is 19.8 Å². The van der Waals surface area contributed by atoms with E-state index in [9.17, 15) is 19.8 Å². The number of fused-ring (bicyclic) bond motifs is 1. The summed E-state index contributed by atoms with van der Waals surface area (Å²) >= 11 is 0. The molecule has 3 aliphatic heterocycles. The van der Waals surface area contributed by atoms with Crippen molar-refractivity contribution in [3.05, 3.63) is 12.2 Å². The average Bonchev–Trinajstić information content (AvgIpc) is 3.74. The molecule has 2 aromatic rings. The van der Waals surface area contributed by atoms with E-state index in [0.29, 0.717) is 45.2 Å². The number of hydrogen-bond donors (Lipinski definition) is 4. The molecule has 5 rings (SSSR count). The number of likely N-dealkylation sites (tertiary alicyclic amines) is 1. The van der Waals surface area contributed by atoms with E-state index in [1.165, 1.54) is 10.9 Å². The van der Waals surface area contributed by atoms with Crippen molar-refractivity contribution in [1.82, 2.24) is 29.7 Å². The summed E-state index contributed by atoms with van der Waals surface area (Å²) in [6.07, 6.45) is -0.909. The molecule has 5 atom stereocenters. The van der Waals surface area contributed by atoms with Crippen LogP contribution in [0.1, 0.15) is 58.5 Å². The van der Waals surface area contributed by atoms with E-state index in [0.717, 1.165) is 25.9 Å². The van der Waals surface area contributed by atoms with Gasteiger partial charge in [-0.3, -0.25) is 9.36 Å². The number of carbonyl (C=O) groups excluding carboxylic acids is 2. The number of aliphatic hydroxyl groups excluding tert-OH is 2. The number of ether oxygens (including phenoxy) is 3. The first-order valence-electron chi connectivity index (χ1n) is 14.6. The fourth-order valence-electron chi connectivity index (χ4n) is 5.15. The zero-order valence-corrected chi connectivity index (χ0v) is 24.4. The van der Waals surface area contributed by atoms with Gasteiger partial charge in [0.15, 0.2) is 23.8 Å². The zero-order valence-electron chi connectivity index (χ0n) is 24.4. The molecule has 230 valence electrons. The Bertz CT molecular complexity index is 1280. The van der Waals surface area contributed by atoms with E-state index in [-0.39, 0.29) is 34.8 Å². The Balaban J connectivity index is 0.00000198. The molecule has 14 nitrogen and oxygen atoms in total. The molecule has 0 bridgehead atoms. The van der Waals surface area contributed by atoms with Gasteiger partial charge in [0.05, 0.1) is 19.5 Å². The Labute approximate surface area is 244 Å². The van der Waals surface area contributed by atoms with Gasteiger partial charge in [-0.15, -0.1) is 0 Å². The summed E-state index contributed by atoms with van der Waals surface area (Å²) in [7, 11) is 0. The molecule has 0 spiro atoms. The molecule has 0 aliphatic carbocycles. The van der Waals surface area contributed by atoms with Crippen LogP contribution in [0.5, 0.6) is 0 Å². The largest absolute Gasteiger partial charge is 0.449 e. The van der Waals surface area contributed by atoms with Crippen molar-refractivity contribution in [3.8, 4) is 11.8 Å². The van der Waals surface area contributed by atoms with Crippen LogP contribution in [0.25, 0.3) is 11.2 Å². The van der Waals surface area contributed by atoms with Crippen LogP contribution in [0.3, 0.4) is 0 Å². The van der Waals surface area contributed by atoms with Crippen molar-refractivity contribution in [2.75, 3.05) is 45.2 Å². The molecule has 3 saturated heterocycles. The monoisotopic (exact) mass is 587 g/mol. The van der Waals surface area contributed by atoms with Crippen LogP contribution >= 0.6 is 0 Å². The zero-order chi connectivity index (χ0) is 30.2. The first-order valence-corrected chi connectivity index (χ1v) is 14.6. The number of aromatic nitrogens is 4. The second-order valence-electron chi connectivity index (χ2n) is 10.3. The number of nitrogens with one attached hydrogen (secondary N) is 1. The molecule has 0 radical (unpaired) electrons. The predicted octanol–water partition coefficient (Wildman–Crippen LogP) is 0.817. The van der Waals surface area contributed by atoms with Gasteiger partial charge in [0.25, 0.3) is 5.91 Å². The smallest absolute Gasteiger partial charge is 0.409 e. The van der Waals surface area contributed by atoms with Crippen molar-refractivity contribution in [1.29, 1.82) is 0 Å². The van der Waals surface area contributed by atoms with Crippen molar-refractivity contribution < 1.29 is 34.0 Å². The number of imidazole rings is 1. The molecular formula is C28H41N7O7. The van der Waals surface area contributed by atoms with E-state index >= 15 is 0 Å². The Kier molecular flexibility index (Phi) is 10.9. The minimum absolute atomic E-state index is 0.109. The molecule has 5 heterocycles. The van der Waals surface area contributed by atoms with E-state index < -0.39 is 30.4 Å². The number of nitrogens with zero attached hydrogens (tertiary/aromatic N) is 5. The number of hydrogen-bond acceptors (Lipinski definition) is 11. The van der Waals surface area contributed by atoms with Crippen molar-refractivity contribution in [2.24, 2.45) is 11.8 Å². The van der Waals surface area contributed by atoms with Gasteiger partial charge in [-0.25, -0.2) is 19.7 Å². The first-order chi connectivity index (χ1) is 20.4. The minimum atomic E-state index is -1.43. The quantitative estimate of drug-likeness (QED) is 0.350. The maximum Gasteiger partial charge on any atom is 0.409 e. The lowest BCUT2D eigenvalue weighted by atomic mass is 9.94. The molecular weight excluding hydrogens is 546 g/mol. The van der Waals surface area contributed by atoms with Gasteiger partial charge in [0.1, 0.15) is 17.7 Å². The molecule has 0 aromatic carbocycles. The number of nitrogens with two attached hydrogens (primary N) is 1. The summed E-state index contributed by atoms with van der Waals surface area (Å²) in [5.41, 5.74) is 6.65. The average molecular weight is 588 g/mol. The number of anilines is 1. The van der Waals surface area contributed by atoms with Crippen LogP contribution in [-0.4, -0.2) is 104 Å². The van der Waals surface area contributed by atoms with Crippen LogP contribution in [0.4, 0.5) is 10.6 Å². The van der Waals surface area contributed by atoms with Gasteiger partial charge >= 0.3 is 6.09 Å². The van der Waals surface area contributed by atoms with E-state index in [1.807, 2.05) is 13.8 Å². The third kappa shape index (κ3) is 7.09. The first kappa shape index (κ1) is 31.4. The lowest BCUT2D eigenvalue weighted by Crippen LogP contribution is -2.42. The standard InChI is InChI=1S/C26H35N7O7.C2H6/c1-2-28-24(36)21-19(34)20(35)25(40-21)33-14-29-18-22(27)30-17(31-23(18)33)5-3-4-15-6-9-32(10-7-15)26(37)39-13-16-8-11-38-12-16;1-2/h14-16,19-21,25,34-35H,2,4,6-13H2,1H3,(H,28,36)(H2,27,30,31);1-2H3/t16?,19?,20-,21-,25+;/m0./s1. The predicted molar refractivity (Wildman–Crippen MR) is 152 cm³/mol. The third-order valence-corrected chi connectivity index (χ3v) is 7.50. The fraction of sp³-hybridized carbons (Fsp3) is 0.679. The third-order valence-electron chi connectivity index (χ3n) is 7.50. The van der Waals surface area contributed by atoms with Gasteiger partial charge < -0.3 is 40.4 Å². The summed E-state index contributed by atoms with van der Waals surface area (Å²) < 4.78 is 17.9. The second-order valence-corrected chi connectivity index (χ2v) is 10.3. The second kappa shape index (κ2) is 14.6. The Morgan fingerprint density at radius 3 is 2.62 bits per heavy atom. The molecule has 42 heavy (non-hydrogen) atoms. The minimum Gasteiger partial charge on any atom is -0.449 e. The summed E-state index contributed by atoms with van der Waals surface area (Å²) in [5, 5.41) is 23.6. The Morgan fingerprint density at radius 1 is 1.17 bits per heavy atom. The SMILES string of the molecule is CC.CCNC(=O)[C@H]1O[C@@H](n2cnc3c(N)nc(C#CCC4CCN(C(=O)OCC5CCOC5)CC4)nc32)[C@@H](O)C1O. The Hall–Kier alpha value is -3.51. The molecule has 3 aliphatic rings. The van der Waals surface area contributed by atoms with Crippen molar-refractivity contribution >= 4 is 29.0 Å². The topological polar surface area (TPSA) is 187 Å². The maximum absolute atomic E-state index is 12.4. The van der Waals surface area contributed by atoms with Gasteiger partial charge in [-0.05, 0) is 38.0 Å². The lowest BCUT2D eigenvalue weighted by Gasteiger charge is -2.30. The fourth-order valence-corrected chi connectivity index (χ4v) is 5.15. The van der Waals surface area contributed by atoms with Gasteiger partial charge in [0, 0.05) is 38.6 Å². The number of aliphatic hydroxyl groups is 2. The number of amides is 2. The molecule has 2 unspecified atom stereocenters. The van der Waals surface area contributed by atoms with Gasteiger partial charge in [0.2, 0.25) is 5.82 Å². The number of piperidine rings is 1. The highest BCUT2D eigenvalue weighted by molar-refractivity contribution is 5.83. The molecule has 5 N–H and O–H groups in total. The van der Waals surface area contributed by atoms with Crippen LogP contribution < -0.4 is 11.1 Å². The number of likely N-dealkylation sites (N-methyl/N-ethyl adjacent to an activating group) is 1. The maximum atomic E-state index is 12.4. The van der Waals surface area contributed by atoms with E-state index in [4.69, 9.17) is 19.9 Å². The number of nitrogen functional groups attached to an aromatic ring is 1. The molecule has 2 amide bonds. The van der Waals surface area contributed by atoms with Crippen molar-refractivity contribution in [2.45, 2.75) is 71.0 Å². The van der Waals surface area contributed by atoms with Gasteiger partial charge in [-0.2, -0.15) is 0 Å². The van der Waals surface area contributed by atoms with Crippen LogP contribution in [0.15, 0.2) is 6.33 Å². The molecule has 14 heteroatoms. The Morgan fingerprint density at radius 2 is 1.93 bits per heavy atom. The van der Waals surface area contributed by atoms with Crippen LogP contribution in [-0.2, 0) is 19.0 Å². The van der Waals surface area contributed by atoms with E-state index in [2.05, 4.69) is 32.1 Å². The molecule has 3 fully saturated rings. The highest BCUT2D eigenvalue weighted by Gasteiger charge is 2.47. The number of carbonyl (C=O) groups is 2. The highest BCUT2D eigenvalue weighted by Crippen LogP contribution is 2.32. The summed E-state index contributed by atoms with van der Waals surface area (Å²) in [6, 6.07) is 0. The molecule has 2 aromatic heterocycles. The normalized spacial score (nSPS) is 25.8. The summed E-state index contributed by atoms with van der Waals surface area (Å²) in [5.74, 6) is 6.45. The highest BCUT2D eigenvalue weighted by atomic mass is 16.6. The van der Waals surface area contributed by atoms with Crippen LogP contribution in [0.2, 0.25) is 0 Å².